The zero-order chi connectivity index (χ0) is 15.4. The van der Waals surface area contributed by atoms with Crippen LogP contribution in [0.3, 0.4) is 0 Å². The molecule has 1 aromatic carbocycles. The van der Waals surface area contributed by atoms with Gasteiger partial charge in [-0.2, -0.15) is 0 Å². The van der Waals surface area contributed by atoms with Crippen LogP contribution in [0, 0.1) is 5.92 Å². The first kappa shape index (κ1) is 17.6. The average molecular weight is 339 g/mol. The van der Waals surface area contributed by atoms with Crippen LogP contribution >= 0.6 is 12.4 Å². The summed E-state index contributed by atoms with van der Waals surface area (Å²) in [5, 5.41) is 6.21. The first-order valence-electron chi connectivity index (χ1n) is 7.89. The predicted octanol–water partition coefficient (Wildman–Crippen LogP) is 1.26. The van der Waals surface area contributed by atoms with E-state index < -0.39 is 0 Å². The van der Waals surface area contributed by atoms with E-state index in [0.717, 1.165) is 37.0 Å². The van der Waals surface area contributed by atoms with E-state index in [1.54, 1.807) is 4.57 Å². The fourth-order valence-electron chi connectivity index (χ4n) is 3.02. The minimum Gasteiger partial charge on any atom is -0.354 e. The van der Waals surface area contributed by atoms with E-state index >= 15 is 0 Å². The molecule has 1 unspecified atom stereocenters. The molecule has 6 nitrogen and oxygen atoms in total. The standard InChI is InChI=1S/C16H22N4O2.ClH/c21-15(6-5-12-7-8-17-11-12)18-9-10-20-14-4-2-1-3-13(14)19-16(20)22;/h1-4,12,17H,5-11H2,(H,18,21)(H,19,22);1H. The Balaban J connectivity index is 0.00000192. The lowest BCUT2D eigenvalue weighted by molar-refractivity contribution is -0.121. The molecule has 1 aliphatic heterocycles. The Labute approximate surface area is 141 Å². The van der Waals surface area contributed by atoms with Crippen molar-refractivity contribution < 1.29 is 4.79 Å². The summed E-state index contributed by atoms with van der Waals surface area (Å²) in [7, 11) is 0. The third-order valence-corrected chi connectivity index (χ3v) is 4.28. The molecule has 1 atom stereocenters. The number of H-pyrrole nitrogens is 1. The molecule has 1 aromatic heterocycles. The van der Waals surface area contributed by atoms with Crippen molar-refractivity contribution in [2.24, 2.45) is 5.92 Å². The van der Waals surface area contributed by atoms with Crippen LogP contribution in [0.1, 0.15) is 19.3 Å². The fraction of sp³-hybridized carbons (Fsp3) is 0.500. The molecule has 7 heteroatoms. The van der Waals surface area contributed by atoms with Gasteiger partial charge in [-0.3, -0.25) is 9.36 Å². The molecule has 0 bridgehead atoms. The van der Waals surface area contributed by atoms with Gasteiger partial charge in [0, 0.05) is 19.5 Å². The van der Waals surface area contributed by atoms with Crippen molar-refractivity contribution in [3.05, 3.63) is 34.7 Å². The van der Waals surface area contributed by atoms with Crippen LogP contribution in [0.25, 0.3) is 11.0 Å². The Morgan fingerprint density at radius 1 is 1.35 bits per heavy atom. The van der Waals surface area contributed by atoms with Crippen molar-refractivity contribution in [3.8, 4) is 0 Å². The van der Waals surface area contributed by atoms with Crippen molar-refractivity contribution in [2.75, 3.05) is 19.6 Å². The molecule has 1 amide bonds. The van der Waals surface area contributed by atoms with Gasteiger partial charge >= 0.3 is 5.69 Å². The van der Waals surface area contributed by atoms with Gasteiger partial charge < -0.3 is 15.6 Å². The number of carbonyl (C=O) groups excluding carboxylic acids is 1. The van der Waals surface area contributed by atoms with E-state index in [9.17, 15) is 9.59 Å². The average Bonchev–Trinajstić information content (AvgIpc) is 3.13. The SMILES string of the molecule is Cl.O=C(CCC1CCNC1)NCCn1c(=O)[nH]c2ccccc21. The summed E-state index contributed by atoms with van der Waals surface area (Å²) in [4.78, 5) is 26.6. The smallest absolute Gasteiger partial charge is 0.326 e. The molecular formula is C16H23ClN4O2. The molecule has 3 rings (SSSR count). The van der Waals surface area contributed by atoms with Gasteiger partial charge in [0.25, 0.3) is 0 Å². The number of para-hydroxylation sites is 2. The maximum atomic E-state index is 11.9. The van der Waals surface area contributed by atoms with Gasteiger partial charge in [-0.25, -0.2) is 4.79 Å². The zero-order valence-corrected chi connectivity index (χ0v) is 13.8. The van der Waals surface area contributed by atoms with Crippen molar-refractivity contribution in [3.63, 3.8) is 0 Å². The maximum Gasteiger partial charge on any atom is 0.326 e. The molecule has 0 saturated carbocycles. The van der Waals surface area contributed by atoms with Crippen molar-refractivity contribution in [1.29, 1.82) is 0 Å². The van der Waals surface area contributed by atoms with Crippen molar-refractivity contribution in [1.82, 2.24) is 20.2 Å². The summed E-state index contributed by atoms with van der Waals surface area (Å²) < 4.78 is 1.66. The lowest BCUT2D eigenvalue weighted by Crippen LogP contribution is -2.30. The first-order chi connectivity index (χ1) is 10.7. The number of imidazole rings is 1. The summed E-state index contributed by atoms with van der Waals surface area (Å²) in [6, 6.07) is 7.58. The predicted molar refractivity (Wildman–Crippen MR) is 93.0 cm³/mol. The molecule has 0 radical (unpaired) electrons. The summed E-state index contributed by atoms with van der Waals surface area (Å²) in [6.07, 6.45) is 2.67. The molecule has 23 heavy (non-hydrogen) atoms. The molecule has 3 N–H and O–H groups in total. The topological polar surface area (TPSA) is 78.9 Å². The van der Waals surface area contributed by atoms with Crippen molar-refractivity contribution in [2.45, 2.75) is 25.8 Å². The number of carbonyl (C=O) groups is 1. The molecule has 0 aliphatic carbocycles. The molecular weight excluding hydrogens is 316 g/mol. The number of aromatic nitrogens is 2. The summed E-state index contributed by atoms with van der Waals surface area (Å²) in [6.45, 7) is 3.05. The number of benzene rings is 1. The van der Waals surface area contributed by atoms with E-state index in [4.69, 9.17) is 0 Å². The number of nitrogens with zero attached hydrogens (tertiary/aromatic N) is 1. The van der Waals surface area contributed by atoms with Crippen LogP contribution < -0.4 is 16.3 Å². The van der Waals surface area contributed by atoms with Gasteiger partial charge in [-0.1, -0.05) is 12.1 Å². The second kappa shape index (κ2) is 8.17. The lowest BCUT2D eigenvalue weighted by atomic mass is 10.0. The van der Waals surface area contributed by atoms with Crippen LogP contribution in [0.4, 0.5) is 0 Å². The van der Waals surface area contributed by atoms with Gasteiger partial charge in [-0.05, 0) is 44.0 Å². The first-order valence-corrected chi connectivity index (χ1v) is 7.89. The van der Waals surface area contributed by atoms with Gasteiger partial charge in [-0.15, -0.1) is 12.4 Å². The summed E-state index contributed by atoms with van der Waals surface area (Å²) in [5.74, 6) is 0.696. The van der Waals surface area contributed by atoms with Crippen LogP contribution in [-0.2, 0) is 11.3 Å². The number of halogens is 1. The van der Waals surface area contributed by atoms with E-state index in [1.807, 2.05) is 24.3 Å². The van der Waals surface area contributed by atoms with Crippen LogP contribution in [-0.4, -0.2) is 35.1 Å². The molecule has 1 fully saturated rings. The Bertz CT molecular complexity index is 703. The molecule has 126 valence electrons. The van der Waals surface area contributed by atoms with E-state index in [1.165, 1.54) is 0 Å². The fourth-order valence-corrected chi connectivity index (χ4v) is 3.02. The summed E-state index contributed by atoms with van der Waals surface area (Å²) in [5.41, 5.74) is 1.57. The van der Waals surface area contributed by atoms with Gasteiger partial charge in [0.15, 0.2) is 0 Å². The molecule has 0 spiro atoms. The third-order valence-electron chi connectivity index (χ3n) is 4.28. The number of rotatable bonds is 6. The van der Waals surface area contributed by atoms with Gasteiger partial charge in [0.05, 0.1) is 11.0 Å². The highest BCUT2D eigenvalue weighted by atomic mass is 35.5. The monoisotopic (exact) mass is 338 g/mol. The Hall–Kier alpha value is -1.79. The van der Waals surface area contributed by atoms with E-state index in [-0.39, 0.29) is 24.0 Å². The number of aromatic amines is 1. The minimum absolute atomic E-state index is 0. The third kappa shape index (κ3) is 4.36. The second-order valence-corrected chi connectivity index (χ2v) is 5.85. The van der Waals surface area contributed by atoms with Gasteiger partial charge in [0.2, 0.25) is 5.91 Å². The quantitative estimate of drug-likeness (QED) is 0.742. The number of hydrogen-bond donors (Lipinski definition) is 3. The number of nitrogens with one attached hydrogen (secondary N) is 3. The maximum absolute atomic E-state index is 11.9. The van der Waals surface area contributed by atoms with Crippen LogP contribution in [0.2, 0.25) is 0 Å². The normalized spacial score (nSPS) is 17.1. The zero-order valence-electron chi connectivity index (χ0n) is 13.0. The van der Waals surface area contributed by atoms with Crippen LogP contribution in [0.5, 0.6) is 0 Å². The van der Waals surface area contributed by atoms with Gasteiger partial charge in [0.1, 0.15) is 0 Å². The molecule has 1 aliphatic rings. The van der Waals surface area contributed by atoms with Crippen LogP contribution in [0.15, 0.2) is 29.1 Å². The highest BCUT2D eigenvalue weighted by Crippen LogP contribution is 2.14. The highest BCUT2D eigenvalue weighted by molar-refractivity contribution is 5.85. The largest absolute Gasteiger partial charge is 0.354 e. The second-order valence-electron chi connectivity index (χ2n) is 5.85. The highest BCUT2D eigenvalue weighted by Gasteiger charge is 2.15. The minimum atomic E-state index is -0.132. The Morgan fingerprint density at radius 3 is 2.96 bits per heavy atom. The number of hydrogen-bond acceptors (Lipinski definition) is 3. The Morgan fingerprint density at radius 2 is 2.17 bits per heavy atom. The molecule has 2 heterocycles. The molecule has 1 saturated heterocycles. The summed E-state index contributed by atoms with van der Waals surface area (Å²) >= 11 is 0. The van der Waals surface area contributed by atoms with Crippen molar-refractivity contribution >= 4 is 29.3 Å². The number of amides is 1. The van der Waals surface area contributed by atoms with E-state index in [2.05, 4.69) is 15.6 Å². The number of fused-ring (bicyclic) bond motifs is 1. The lowest BCUT2D eigenvalue weighted by Gasteiger charge is -2.09. The Kier molecular flexibility index (Phi) is 6.24. The van der Waals surface area contributed by atoms with E-state index in [0.29, 0.717) is 25.4 Å². The molecule has 2 aromatic rings.